The van der Waals surface area contributed by atoms with Crippen molar-refractivity contribution in [3.63, 3.8) is 0 Å². The fourth-order valence-electron chi connectivity index (χ4n) is 3.56. The molecule has 0 radical (unpaired) electrons. The van der Waals surface area contributed by atoms with E-state index in [9.17, 15) is 8.42 Å². The van der Waals surface area contributed by atoms with Crippen LogP contribution in [0, 0.1) is 0 Å². The van der Waals surface area contributed by atoms with Crippen molar-refractivity contribution in [3.05, 3.63) is 18.1 Å². The lowest BCUT2D eigenvalue weighted by atomic mass is 10.0. The van der Waals surface area contributed by atoms with Crippen LogP contribution >= 0.6 is 0 Å². The second-order valence-electron chi connectivity index (χ2n) is 6.15. The largest absolute Gasteiger partial charge is 0.372 e. The van der Waals surface area contributed by atoms with Crippen molar-refractivity contribution < 1.29 is 8.42 Å². The lowest BCUT2D eigenvalue weighted by Crippen LogP contribution is -2.39. The number of hydrogen-bond donors (Lipinski definition) is 1. The molecule has 2 fully saturated rings. The summed E-state index contributed by atoms with van der Waals surface area (Å²) >= 11 is 0. The third kappa shape index (κ3) is 2.96. The summed E-state index contributed by atoms with van der Waals surface area (Å²) in [6, 6.07) is -0.160. The summed E-state index contributed by atoms with van der Waals surface area (Å²) in [6.07, 6.45) is 9.87. The van der Waals surface area contributed by atoms with Crippen molar-refractivity contribution >= 4 is 15.8 Å². The van der Waals surface area contributed by atoms with Gasteiger partial charge in [0.15, 0.2) is 0 Å². The molecule has 1 saturated heterocycles. The topological polar surface area (TPSA) is 75.2 Å². The van der Waals surface area contributed by atoms with Gasteiger partial charge in [-0.05, 0) is 25.7 Å². The van der Waals surface area contributed by atoms with Gasteiger partial charge in [0.2, 0.25) is 10.0 Å². The van der Waals surface area contributed by atoms with Crippen molar-refractivity contribution in [2.24, 2.45) is 0 Å². The van der Waals surface area contributed by atoms with Crippen LogP contribution in [0.25, 0.3) is 0 Å². The predicted octanol–water partition coefficient (Wildman–Crippen LogP) is 2.32. The van der Waals surface area contributed by atoms with Crippen molar-refractivity contribution in [2.45, 2.75) is 56.2 Å². The first-order valence-corrected chi connectivity index (χ1v) is 9.63. The summed E-state index contributed by atoms with van der Waals surface area (Å²) in [6.45, 7) is 0.606. The van der Waals surface area contributed by atoms with E-state index in [2.05, 4.69) is 15.3 Å². The van der Waals surface area contributed by atoms with E-state index in [0.29, 0.717) is 12.4 Å². The maximum atomic E-state index is 13.0. The number of nitrogens with one attached hydrogen (secondary N) is 1. The lowest BCUT2D eigenvalue weighted by molar-refractivity contribution is 0.370. The van der Waals surface area contributed by atoms with Gasteiger partial charge in [-0.25, -0.2) is 13.4 Å². The standard InChI is InChI=1S/C15H24N4O2S/c1-16-15-11-17-10-13(18-15)14-8-5-9-19(14)22(20,21)12-6-3-2-4-7-12/h10-12,14H,2-9H2,1H3,(H,16,18)/t14-/m1/s1. The van der Waals surface area contributed by atoms with Crippen LogP contribution < -0.4 is 5.32 Å². The van der Waals surface area contributed by atoms with E-state index in [1.54, 1.807) is 23.7 Å². The van der Waals surface area contributed by atoms with E-state index >= 15 is 0 Å². The molecule has 7 heteroatoms. The third-order valence-corrected chi connectivity index (χ3v) is 7.16. The Morgan fingerprint density at radius 3 is 2.64 bits per heavy atom. The third-order valence-electron chi connectivity index (χ3n) is 4.75. The highest BCUT2D eigenvalue weighted by Crippen LogP contribution is 2.37. The fraction of sp³-hybridized carbons (Fsp3) is 0.733. The Kier molecular flexibility index (Phi) is 4.63. The van der Waals surface area contributed by atoms with Crippen LogP contribution in [0.3, 0.4) is 0 Å². The summed E-state index contributed by atoms with van der Waals surface area (Å²) in [5, 5.41) is 2.76. The molecule has 1 atom stereocenters. The van der Waals surface area contributed by atoms with Crippen LogP contribution in [0.4, 0.5) is 5.82 Å². The molecule has 1 aromatic rings. The van der Waals surface area contributed by atoms with Crippen LogP contribution in [0.1, 0.15) is 56.7 Å². The predicted molar refractivity (Wildman–Crippen MR) is 86.1 cm³/mol. The van der Waals surface area contributed by atoms with E-state index < -0.39 is 10.0 Å². The zero-order valence-electron chi connectivity index (χ0n) is 13.0. The van der Waals surface area contributed by atoms with Gasteiger partial charge in [-0.3, -0.25) is 4.98 Å². The number of nitrogens with zero attached hydrogens (tertiary/aromatic N) is 3. The second kappa shape index (κ2) is 6.50. The highest BCUT2D eigenvalue weighted by Gasteiger charge is 2.40. The Labute approximate surface area is 132 Å². The highest BCUT2D eigenvalue weighted by atomic mass is 32.2. The van der Waals surface area contributed by atoms with Crippen LogP contribution in [-0.2, 0) is 10.0 Å². The molecule has 3 rings (SSSR count). The summed E-state index contributed by atoms with van der Waals surface area (Å²) in [4.78, 5) is 8.68. The molecule has 1 aliphatic heterocycles. The molecule has 0 spiro atoms. The number of hydrogen-bond acceptors (Lipinski definition) is 5. The summed E-state index contributed by atoms with van der Waals surface area (Å²) in [5.41, 5.74) is 0.753. The van der Waals surface area contributed by atoms with Gasteiger partial charge in [0.25, 0.3) is 0 Å². The molecule has 1 N–H and O–H groups in total. The first-order chi connectivity index (χ1) is 10.6. The zero-order valence-corrected chi connectivity index (χ0v) is 13.8. The molecule has 1 aromatic heterocycles. The Bertz CT molecular complexity index is 614. The van der Waals surface area contributed by atoms with Crippen LogP contribution in [0.5, 0.6) is 0 Å². The van der Waals surface area contributed by atoms with Gasteiger partial charge >= 0.3 is 0 Å². The minimum atomic E-state index is -3.23. The van der Waals surface area contributed by atoms with E-state index in [-0.39, 0.29) is 11.3 Å². The van der Waals surface area contributed by atoms with E-state index in [1.165, 1.54) is 0 Å². The van der Waals surface area contributed by atoms with Crippen molar-refractivity contribution in [1.82, 2.24) is 14.3 Å². The van der Waals surface area contributed by atoms with Crippen molar-refractivity contribution in [3.8, 4) is 0 Å². The number of rotatable bonds is 4. The number of anilines is 1. The van der Waals surface area contributed by atoms with Gasteiger partial charge in [0.05, 0.1) is 29.4 Å². The first-order valence-electron chi connectivity index (χ1n) is 8.13. The second-order valence-corrected chi connectivity index (χ2v) is 8.32. The Morgan fingerprint density at radius 1 is 1.14 bits per heavy atom. The molecule has 0 unspecified atom stereocenters. The molecule has 0 bridgehead atoms. The van der Waals surface area contributed by atoms with Crippen molar-refractivity contribution in [2.75, 3.05) is 18.9 Å². The Hall–Kier alpha value is -1.21. The molecule has 1 saturated carbocycles. The van der Waals surface area contributed by atoms with Crippen LogP contribution in [0.2, 0.25) is 0 Å². The van der Waals surface area contributed by atoms with Crippen molar-refractivity contribution in [1.29, 1.82) is 0 Å². The van der Waals surface area contributed by atoms with Gasteiger partial charge in [0, 0.05) is 13.6 Å². The lowest BCUT2D eigenvalue weighted by Gasteiger charge is -2.30. The Balaban J connectivity index is 1.85. The van der Waals surface area contributed by atoms with Gasteiger partial charge in [-0.15, -0.1) is 0 Å². The molecule has 0 aromatic carbocycles. The minimum Gasteiger partial charge on any atom is -0.372 e. The van der Waals surface area contributed by atoms with Gasteiger partial charge in [0.1, 0.15) is 5.82 Å². The molecule has 1 aliphatic carbocycles. The molecule has 22 heavy (non-hydrogen) atoms. The highest BCUT2D eigenvalue weighted by molar-refractivity contribution is 7.89. The Morgan fingerprint density at radius 2 is 1.91 bits per heavy atom. The summed E-state index contributed by atoms with van der Waals surface area (Å²) < 4.78 is 27.7. The monoisotopic (exact) mass is 324 g/mol. The first kappa shape index (κ1) is 15.7. The van der Waals surface area contributed by atoms with Crippen LogP contribution in [0.15, 0.2) is 12.4 Å². The van der Waals surface area contributed by atoms with Gasteiger partial charge in [-0.2, -0.15) is 4.31 Å². The summed E-state index contributed by atoms with van der Waals surface area (Å²) in [5.74, 6) is 0.680. The minimum absolute atomic E-state index is 0.160. The molecule has 2 heterocycles. The van der Waals surface area contributed by atoms with E-state index in [0.717, 1.165) is 50.6 Å². The molecule has 122 valence electrons. The maximum absolute atomic E-state index is 13.0. The van der Waals surface area contributed by atoms with Gasteiger partial charge in [-0.1, -0.05) is 19.3 Å². The fourth-order valence-corrected chi connectivity index (χ4v) is 5.82. The molecular formula is C15H24N4O2S. The van der Waals surface area contributed by atoms with Crippen LogP contribution in [-0.4, -0.2) is 41.5 Å². The average molecular weight is 324 g/mol. The van der Waals surface area contributed by atoms with E-state index in [1.807, 2.05) is 0 Å². The maximum Gasteiger partial charge on any atom is 0.217 e. The normalized spacial score (nSPS) is 24.5. The quantitative estimate of drug-likeness (QED) is 0.920. The molecule has 2 aliphatic rings. The number of aromatic nitrogens is 2. The molecule has 0 amide bonds. The SMILES string of the molecule is CNc1cncc([C@H]2CCCN2S(=O)(=O)C2CCCCC2)n1. The smallest absolute Gasteiger partial charge is 0.217 e. The van der Waals surface area contributed by atoms with E-state index in [4.69, 9.17) is 0 Å². The average Bonchev–Trinajstić information content (AvgIpc) is 3.06. The summed E-state index contributed by atoms with van der Waals surface area (Å²) in [7, 11) is -1.44. The zero-order chi connectivity index (χ0) is 15.6. The molecule has 6 nitrogen and oxygen atoms in total. The van der Waals surface area contributed by atoms with Gasteiger partial charge < -0.3 is 5.32 Å². The number of sulfonamides is 1. The molecular weight excluding hydrogens is 300 g/mol.